The summed E-state index contributed by atoms with van der Waals surface area (Å²) in [5.41, 5.74) is 0. The van der Waals surface area contributed by atoms with Crippen molar-refractivity contribution < 1.29 is 13.0 Å². The van der Waals surface area contributed by atoms with Crippen molar-refractivity contribution in [2.45, 2.75) is 0 Å². The first-order chi connectivity index (χ1) is 8.18. The summed E-state index contributed by atoms with van der Waals surface area (Å²) in [7, 11) is 15.6. The first-order valence-corrected chi connectivity index (χ1v) is 12.4. The molecule has 5 heteroatoms. The maximum absolute atomic E-state index is 4.95. The van der Waals surface area contributed by atoms with Gasteiger partial charge >= 0.3 is 42.1 Å². The summed E-state index contributed by atoms with van der Waals surface area (Å²) in [6, 6.07) is 21.2. The van der Waals surface area contributed by atoms with Crippen LogP contribution in [0, 0.1) is 0 Å². The molecule has 0 nitrogen and oxygen atoms in total. The Labute approximate surface area is 121 Å². The number of hydrogen-bond acceptors (Lipinski definition) is 0. The molecule has 0 aromatic heterocycles. The van der Waals surface area contributed by atoms with Crippen LogP contribution in [0.1, 0.15) is 0 Å². The van der Waals surface area contributed by atoms with Gasteiger partial charge in [0.15, 0.2) is 0 Å². The minimum absolute atomic E-state index is 0.777. The maximum atomic E-state index is 4.95. The SMILES string of the molecule is [Cl][Ru]([Cl])[Cl].c1ccc(Pc2ccccc2)cc1. The number of benzene rings is 2. The molecule has 0 N–H and O–H groups in total. The van der Waals surface area contributed by atoms with E-state index in [2.05, 4.69) is 60.7 Å². The summed E-state index contributed by atoms with van der Waals surface area (Å²) < 4.78 is 0. The van der Waals surface area contributed by atoms with Crippen LogP contribution >= 0.6 is 37.7 Å². The number of halogens is 3. The summed E-state index contributed by atoms with van der Waals surface area (Å²) in [6.45, 7) is 0. The van der Waals surface area contributed by atoms with E-state index in [0.29, 0.717) is 0 Å². The third-order valence-electron chi connectivity index (χ3n) is 1.84. The second-order valence-electron chi connectivity index (χ2n) is 3.01. The van der Waals surface area contributed by atoms with Crippen LogP contribution in [0.25, 0.3) is 0 Å². The Kier molecular flexibility index (Phi) is 8.45. The molecule has 2 rings (SSSR count). The first-order valence-electron chi connectivity index (χ1n) is 4.72. The fraction of sp³-hybridized carbons (Fsp3) is 0. The summed E-state index contributed by atoms with van der Waals surface area (Å²) in [6.07, 6.45) is 0. The molecule has 0 saturated carbocycles. The van der Waals surface area contributed by atoms with Crippen molar-refractivity contribution >= 4 is 48.3 Å². The van der Waals surface area contributed by atoms with Crippen LogP contribution in [0.5, 0.6) is 0 Å². The van der Waals surface area contributed by atoms with Crippen LogP contribution in [0.15, 0.2) is 60.7 Å². The monoisotopic (exact) mass is 393 g/mol. The minimum atomic E-state index is -1.75. The standard InChI is InChI=1S/C12H11P.3ClH.Ru/c1-3-7-11(8-4-1)13-12-9-5-2-6-10-12;;;;/h1-10,13H;3*1H;/q;;;;+3/p-3. The zero-order valence-electron chi connectivity index (χ0n) is 8.76. The van der Waals surface area contributed by atoms with Crippen LogP contribution in [0.3, 0.4) is 0 Å². The van der Waals surface area contributed by atoms with Crippen LogP contribution in [0.4, 0.5) is 0 Å². The van der Waals surface area contributed by atoms with E-state index >= 15 is 0 Å². The van der Waals surface area contributed by atoms with Gasteiger partial charge < -0.3 is 0 Å². The topological polar surface area (TPSA) is 0 Å². The van der Waals surface area contributed by atoms with Gasteiger partial charge in [-0.25, -0.2) is 0 Å². The fourth-order valence-electron chi connectivity index (χ4n) is 1.21. The Morgan fingerprint density at radius 2 is 0.941 bits per heavy atom. The van der Waals surface area contributed by atoms with Gasteiger partial charge in [0, 0.05) is 0 Å². The number of rotatable bonds is 2. The average Bonchev–Trinajstić information content (AvgIpc) is 2.31. The molecule has 0 aliphatic carbocycles. The molecule has 0 atom stereocenters. The normalized spacial score (nSPS) is 10.2. The van der Waals surface area contributed by atoms with Crippen molar-refractivity contribution in [3.05, 3.63) is 60.7 Å². The van der Waals surface area contributed by atoms with E-state index in [9.17, 15) is 0 Å². The van der Waals surface area contributed by atoms with Gasteiger partial charge in [-0.2, -0.15) is 0 Å². The maximum Gasteiger partial charge on any atom is -0.0226 e. The van der Waals surface area contributed by atoms with Gasteiger partial charge in [-0.1, -0.05) is 69.2 Å². The van der Waals surface area contributed by atoms with Gasteiger partial charge in [-0.15, -0.1) is 0 Å². The molecule has 0 aliphatic heterocycles. The molecule has 0 amide bonds. The fourth-order valence-corrected chi connectivity index (χ4v) is 2.26. The molecule has 0 fully saturated rings. The van der Waals surface area contributed by atoms with Gasteiger partial charge in [0.05, 0.1) is 0 Å². The molecule has 0 bridgehead atoms. The Balaban J connectivity index is 0.000000317. The summed E-state index contributed by atoms with van der Waals surface area (Å²) in [5, 5.41) is 2.79. The van der Waals surface area contributed by atoms with Crippen molar-refractivity contribution in [3.63, 3.8) is 0 Å². The molecule has 0 aliphatic rings. The molecule has 0 saturated heterocycles. The van der Waals surface area contributed by atoms with E-state index in [-0.39, 0.29) is 0 Å². The smallest absolute Gasteiger partial charge is 0.0226 e. The van der Waals surface area contributed by atoms with E-state index in [4.69, 9.17) is 29.1 Å². The molecule has 0 unspecified atom stereocenters. The molecular formula is C12H11Cl3PRu. The molecule has 2 aromatic carbocycles. The van der Waals surface area contributed by atoms with Crippen molar-refractivity contribution in [1.29, 1.82) is 0 Å². The van der Waals surface area contributed by atoms with Gasteiger partial charge in [0.2, 0.25) is 0 Å². The molecule has 0 spiro atoms. The molecule has 93 valence electrons. The van der Waals surface area contributed by atoms with Crippen molar-refractivity contribution in [2.24, 2.45) is 0 Å². The van der Waals surface area contributed by atoms with Gasteiger partial charge in [-0.3, -0.25) is 0 Å². The second kappa shape index (κ2) is 9.31. The van der Waals surface area contributed by atoms with Crippen LogP contribution in [0.2, 0.25) is 0 Å². The van der Waals surface area contributed by atoms with Crippen LogP contribution < -0.4 is 10.6 Å². The summed E-state index contributed by atoms with van der Waals surface area (Å²) in [5.74, 6) is 0. The third kappa shape index (κ3) is 8.14. The Bertz CT molecular complexity index is 368. The predicted octanol–water partition coefficient (Wildman–Crippen LogP) is 4.38. The molecule has 2 aromatic rings. The van der Waals surface area contributed by atoms with E-state index in [0.717, 1.165) is 8.58 Å². The molecule has 0 heterocycles. The third-order valence-corrected chi connectivity index (χ3v) is 3.08. The average molecular weight is 394 g/mol. The van der Waals surface area contributed by atoms with E-state index in [1.807, 2.05) is 0 Å². The van der Waals surface area contributed by atoms with E-state index in [1.165, 1.54) is 10.6 Å². The van der Waals surface area contributed by atoms with Crippen LogP contribution in [-0.2, 0) is 13.0 Å². The Hall–Kier alpha value is 0.363. The van der Waals surface area contributed by atoms with E-state index < -0.39 is 13.0 Å². The quantitative estimate of drug-likeness (QED) is 0.525. The second-order valence-corrected chi connectivity index (χ2v) is 12.3. The molecule has 17 heavy (non-hydrogen) atoms. The van der Waals surface area contributed by atoms with Crippen molar-refractivity contribution in [2.75, 3.05) is 0 Å². The summed E-state index contributed by atoms with van der Waals surface area (Å²) >= 11 is -1.75. The van der Waals surface area contributed by atoms with Gasteiger partial charge in [0.25, 0.3) is 0 Å². The Morgan fingerprint density at radius 1 is 0.647 bits per heavy atom. The van der Waals surface area contributed by atoms with E-state index in [1.54, 1.807) is 0 Å². The van der Waals surface area contributed by atoms with Crippen LogP contribution in [-0.4, -0.2) is 0 Å². The zero-order chi connectivity index (χ0) is 12.5. The number of hydrogen-bond donors (Lipinski definition) is 0. The predicted molar refractivity (Wildman–Crippen MR) is 78.0 cm³/mol. The zero-order valence-corrected chi connectivity index (χ0v) is 13.8. The molecule has 0 radical (unpaired) electrons. The minimum Gasteiger partial charge on any atom is -0.0622 e. The van der Waals surface area contributed by atoms with Gasteiger partial charge in [-0.05, 0) is 10.6 Å². The first kappa shape index (κ1) is 15.4. The Morgan fingerprint density at radius 3 is 1.24 bits per heavy atom. The molecular weight excluding hydrogens is 383 g/mol. The largest absolute Gasteiger partial charge is 0.0622 e. The summed E-state index contributed by atoms with van der Waals surface area (Å²) in [4.78, 5) is 0. The van der Waals surface area contributed by atoms with Gasteiger partial charge in [0.1, 0.15) is 0 Å². The van der Waals surface area contributed by atoms with Crippen molar-refractivity contribution in [1.82, 2.24) is 0 Å². The van der Waals surface area contributed by atoms with Crippen molar-refractivity contribution in [3.8, 4) is 0 Å².